The summed E-state index contributed by atoms with van der Waals surface area (Å²) in [7, 11) is 0. The largest absolute Gasteiger partial charge is 0.457 e. The molecule has 2 fully saturated rings. The lowest BCUT2D eigenvalue weighted by molar-refractivity contribution is -0.168. The van der Waals surface area contributed by atoms with Crippen LogP contribution in [0.25, 0.3) is 0 Å². The quantitative estimate of drug-likeness (QED) is 0.104. The maximum Gasteiger partial charge on any atom is 0.410 e. The van der Waals surface area contributed by atoms with Crippen LogP contribution in [0.3, 0.4) is 0 Å². The second kappa shape index (κ2) is 17.4. The molecular weight excluding hydrogens is 592 g/mol. The van der Waals surface area contributed by atoms with Gasteiger partial charge in [0.05, 0.1) is 30.8 Å². The summed E-state index contributed by atoms with van der Waals surface area (Å²) in [5.41, 5.74) is -0.468. The molecule has 3 aliphatic rings. The second-order valence-corrected chi connectivity index (χ2v) is 13.5. The van der Waals surface area contributed by atoms with Crippen LogP contribution in [0.2, 0.25) is 0 Å². The van der Waals surface area contributed by atoms with E-state index in [1.807, 2.05) is 45.9 Å². The van der Waals surface area contributed by atoms with Crippen LogP contribution in [0.4, 0.5) is 4.79 Å². The van der Waals surface area contributed by atoms with Gasteiger partial charge in [-0.3, -0.25) is 9.59 Å². The van der Waals surface area contributed by atoms with Gasteiger partial charge in [-0.2, -0.15) is 0 Å². The van der Waals surface area contributed by atoms with Gasteiger partial charge in [0.15, 0.2) is 6.10 Å². The molecule has 11 heteroatoms. The van der Waals surface area contributed by atoms with Crippen molar-refractivity contribution in [1.29, 1.82) is 0 Å². The van der Waals surface area contributed by atoms with E-state index in [-0.39, 0.29) is 55.3 Å². The smallest absolute Gasteiger partial charge is 0.410 e. The molecule has 2 saturated heterocycles. The fraction of sp³-hybridized carbons (Fsp3) is 0.743. The molecule has 1 amide bonds. The van der Waals surface area contributed by atoms with Gasteiger partial charge in [-0.05, 0) is 57.1 Å². The van der Waals surface area contributed by atoms with Gasteiger partial charge in [0, 0.05) is 44.9 Å². The molecule has 11 nitrogen and oxygen atoms in total. The van der Waals surface area contributed by atoms with Gasteiger partial charge in [0.2, 0.25) is 0 Å². The van der Waals surface area contributed by atoms with E-state index in [1.54, 1.807) is 17.9 Å². The van der Waals surface area contributed by atoms with E-state index in [4.69, 9.17) is 18.9 Å². The third kappa shape index (κ3) is 11.2. The molecule has 6 unspecified atom stereocenters. The lowest BCUT2D eigenvalue weighted by Crippen LogP contribution is -2.51. The number of nitrogens with one attached hydrogen (secondary N) is 1. The van der Waals surface area contributed by atoms with Crippen LogP contribution in [-0.2, 0) is 28.5 Å². The highest BCUT2D eigenvalue weighted by molar-refractivity contribution is 5.71. The van der Waals surface area contributed by atoms with E-state index < -0.39 is 41.9 Å². The highest BCUT2D eigenvalue weighted by Gasteiger charge is 2.45. The minimum Gasteiger partial charge on any atom is -0.457 e. The Hall–Kier alpha value is -2.73. The van der Waals surface area contributed by atoms with Crippen molar-refractivity contribution in [3.8, 4) is 0 Å². The van der Waals surface area contributed by atoms with Crippen LogP contribution in [0.5, 0.6) is 0 Å². The molecular formula is C35H56N2O9. The molecule has 0 bridgehead atoms. The molecule has 0 aromatic carbocycles. The number of carbonyl (C=O) groups is 3. The third-order valence-corrected chi connectivity index (χ3v) is 9.30. The Morgan fingerprint density at radius 1 is 1.22 bits per heavy atom. The van der Waals surface area contributed by atoms with Crippen molar-refractivity contribution in [3.63, 3.8) is 0 Å². The zero-order chi connectivity index (χ0) is 34.0. The van der Waals surface area contributed by atoms with Crippen LogP contribution < -0.4 is 5.32 Å². The molecule has 46 heavy (non-hydrogen) atoms. The number of carbonyl (C=O) groups excluding carboxylic acids is 3. The van der Waals surface area contributed by atoms with Gasteiger partial charge in [0.25, 0.3) is 0 Å². The van der Waals surface area contributed by atoms with E-state index in [1.165, 1.54) is 6.92 Å². The van der Waals surface area contributed by atoms with E-state index in [0.29, 0.717) is 32.6 Å². The predicted molar refractivity (Wildman–Crippen MR) is 174 cm³/mol. The predicted octanol–water partition coefficient (Wildman–Crippen LogP) is 4.07. The number of hydrogen-bond donors (Lipinski definition) is 3. The normalized spacial score (nSPS) is 33.3. The summed E-state index contributed by atoms with van der Waals surface area (Å²) >= 11 is 0. The Morgan fingerprint density at radius 3 is 2.57 bits per heavy atom. The molecule has 3 aliphatic heterocycles. The minimum absolute atomic E-state index is 0.0874. The summed E-state index contributed by atoms with van der Waals surface area (Å²) in [5.74, 6) is -1.06. The number of ether oxygens (including phenoxy) is 4. The van der Waals surface area contributed by atoms with Crippen molar-refractivity contribution >= 4 is 18.0 Å². The maximum atomic E-state index is 13.2. The number of rotatable bonds is 10. The van der Waals surface area contributed by atoms with E-state index in [2.05, 4.69) is 18.3 Å². The monoisotopic (exact) mass is 648 g/mol. The lowest BCUT2D eigenvalue weighted by atomic mass is 9.88. The zero-order valence-electron chi connectivity index (χ0n) is 28.6. The summed E-state index contributed by atoms with van der Waals surface area (Å²) in [5, 5.41) is 24.1. The fourth-order valence-corrected chi connectivity index (χ4v) is 6.24. The lowest BCUT2D eigenvalue weighted by Gasteiger charge is -2.37. The molecule has 260 valence electrons. The first-order valence-electron chi connectivity index (χ1n) is 16.8. The highest BCUT2D eigenvalue weighted by Crippen LogP contribution is 2.36. The van der Waals surface area contributed by atoms with Crippen LogP contribution >= 0.6 is 0 Å². The molecule has 0 aromatic rings. The van der Waals surface area contributed by atoms with Crippen molar-refractivity contribution in [2.45, 2.75) is 123 Å². The molecule has 0 saturated carbocycles. The average molecular weight is 649 g/mol. The van der Waals surface area contributed by atoms with Crippen molar-refractivity contribution in [3.05, 3.63) is 36.0 Å². The van der Waals surface area contributed by atoms with Crippen LogP contribution in [0.1, 0.15) is 80.6 Å². The first kappa shape index (κ1) is 37.7. The second-order valence-electron chi connectivity index (χ2n) is 13.5. The third-order valence-electron chi connectivity index (χ3n) is 9.30. The van der Waals surface area contributed by atoms with Gasteiger partial charge in [0.1, 0.15) is 11.7 Å². The number of epoxide rings is 1. The Labute approximate surface area is 274 Å². The maximum absolute atomic E-state index is 13.2. The standard InChI is InChI=1S/C35H56N2O9/c1-8-28(40)25(5)33-29(43-33)20-22(2)10-9-11-23(3)32-24(4)12-13-30(44-34(42)37-18-16-36-17-19-37)35(7,46-26(6)38)15-14-27(39)21-31(41)45-32/h9-13,22,24-25,27-30,32-33,36,39-40H,8,14-21H2,1-7H3/b10-9+,13-12?,23-11+/t22?,24?,25-,27?,28+,29-,30?,32?,33-,35?/m1/s1. The van der Waals surface area contributed by atoms with Crippen molar-refractivity contribution in [2.24, 2.45) is 17.8 Å². The number of hydrogen-bond acceptors (Lipinski definition) is 10. The Balaban J connectivity index is 1.79. The zero-order valence-corrected chi connectivity index (χ0v) is 28.6. The Bertz CT molecular complexity index is 1120. The molecule has 3 heterocycles. The van der Waals surface area contributed by atoms with Crippen LogP contribution in [0.15, 0.2) is 36.0 Å². The fourth-order valence-electron chi connectivity index (χ4n) is 6.24. The summed E-state index contributed by atoms with van der Waals surface area (Å²) in [4.78, 5) is 39.9. The van der Waals surface area contributed by atoms with Crippen LogP contribution in [-0.4, -0.2) is 102 Å². The molecule has 0 radical (unpaired) electrons. The number of piperazine rings is 1. The number of nitrogens with zero attached hydrogens (tertiary/aromatic N) is 1. The number of aliphatic hydroxyl groups excluding tert-OH is 2. The van der Waals surface area contributed by atoms with Crippen molar-refractivity contribution < 1.29 is 43.5 Å². The number of amides is 1. The average Bonchev–Trinajstić information content (AvgIpc) is 3.77. The number of aliphatic hydroxyl groups is 2. The summed E-state index contributed by atoms with van der Waals surface area (Å²) in [6.07, 6.45) is 7.84. The summed E-state index contributed by atoms with van der Waals surface area (Å²) in [6, 6.07) is 0. The van der Waals surface area contributed by atoms with Gasteiger partial charge in [-0.15, -0.1) is 0 Å². The van der Waals surface area contributed by atoms with Crippen LogP contribution in [0, 0.1) is 17.8 Å². The summed E-state index contributed by atoms with van der Waals surface area (Å²) < 4.78 is 23.5. The van der Waals surface area contributed by atoms with E-state index >= 15 is 0 Å². The SMILES string of the molecule is CC[C@H](O)[C@@H](C)[C@H]1O[C@@H]1CC(C)/C=C/C=C(\C)C1OC(=O)CC(O)CCC(C)(OC(C)=O)C(OC(=O)N2CCNCC2)C=CC1C. The number of esters is 2. The Kier molecular flexibility index (Phi) is 14.3. The first-order valence-corrected chi connectivity index (χ1v) is 16.8. The van der Waals surface area contributed by atoms with E-state index in [9.17, 15) is 24.6 Å². The minimum atomic E-state index is -1.27. The molecule has 0 spiro atoms. The molecule has 3 rings (SSSR count). The topological polar surface area (TPSA) is 147 Å². The number of allylic oxidation sites excluding steroid dienone is 3. The summed E-state index contributed by atoms with van der Waals surface area (Å²) in [6.45, 7) is 15.2. The van der Waals surface area contributed by atoms with Gasteiger partial charge >= 0.3 is 18.0 Å². The first-order chi connectivity index (χ1) is 21.7. The van der Waals surface area contributed by atoms with Crippen molar-refractivity contribution in [2.75, 3.05) is 26.2 Å². The van der Waals surface area contributed by atoms with Crippen molar-refractivity contribution in [1.82, 2.24) is 10.2 Å². The highest BCUT2D eigenvalue weighted by atomic mass is 16.6. The Morgan fingerprint density at radius 2 is 1.91 bits per heavy atom. The molecule has 0 aliphatic carbocycles. The van der Waals surface area contributed by atoms with E-state index in [0.717, 1.165) is 12.0 Å². The molecule has 0 aromatic heterocycles. The molecule has 3 N–H and O–H groups in total. The molecule has 10 atom stereocenters. The number of cyclic esters (lactones) is 1. The van der Waals surface area contributed by atoms with Gasteiger partial charge < -0.3 is 39.4 Å². The van der Waals surface area contributed by atoms with Gasteiger partial charge in [-0.25, -0.2) is 4.79 Å². The van der Waals surface area contributed by atoms with Gasteiger partial charge in [-0.1, -0.05) is 52.0 Å².